The molecule has 200 valence electrons. The van der Waals surface area contributed by atoms with Gasteiger partial charge >= 0.3 is 0 Å². The zero-order chi connectivity index (χ0) is 28.4. The van der Waals surface area contributed by atoms with Crippen LogP contribution in [0.3, 0.4) is 0 Å². The van der Waals surface area contributed by atoms with E-state index in [-0.39, 0.29) is 17.2 Å². The lowest BCUT2D eigenvalue weighted by molar-refractivity contribution is 0.475. The van der Waals surface area contributed by atoms with Crippen molar-refractivity contribution in [3.8, 4) is 50.6 Å². The molecule has 0 aliphatic carbocycles. The molecule has 3 nitrogen and oxygen atoms in total. The number of benzene rings is 6. The van der Waals surface area contributed by atoms with Gasteiger partial charge in [-0.05, 0) is 82.3 Å². The normalized spacial score (nSPS) is 11.3. The Bertz CT molecular complexity index is 1700. The molecule has 0 aliphatic rings. The van der Waals surface area contributed by atoms with Crippen LogP contribution in [-0.2, 0) is 5.41 Å². The highest BCUT2D eigenvalue weighted by Crippen LogP contribution is 2.44. The third-order valence-corrected chi connectivity index (χ3v) is 7.98. The van der Waals surface area contributed by atoms with E-state index in [0.717, 1.165) is 50.1 Å². The molecular formula is C38H30O3. The van der Waals surface area contributed by atoms with Gasteiger partial charge in [0.25, 0.3) is 0 Å². The molecule has 0 saturated carbocycles. The Morgan fingerprint density at radius 3 is 1.22 bits per heavy atom. The first-order valence-corrected chi connectivity index (χ1v) is 13.6. The van der Waals surface area contributed by atoms with Crippen LogP contribution >= 0.6 is 0 Å². The fraction of sp³-hybridized carbons (Fsp3) is 0.0526. The molecule has 3 heteroatoms. The summed E-state index contributed by atoms with van der Waals surface area (Å²) in [7, 11) is 0. The molecule has 0 heterocycles. The van der Waals surface area contributed by atoms with Crippen LogP contribution in [0.15, 0.2) is 146 Å². The van der Waals surface area contributed by atoms with E-state index in [1.54, 1.807) is 24.3 Å². The quantitative estimate of drug-likeness (QED) is 0.187. The molecule has 0 saturated heterocycles. The predicted molar refractivity (Wildman–Crippen MR) is 166 cm³/mol. The lowest BCUT2D eigenvalue weighted by Gasteiger charge is -2.33. The summed E-state index contributed by atoms with van der Waals surface area (Å²) in [6.45, 7) is 2.19. The summed E-state index contributed by atoms with van der Waals surface area (Å²) in [4.78, 5) is 0. The van der Waals surface area contributed by atoms with Gasteiger partial charge in [0.2, 0.25) is 0 Å². The second-order valence-corrected chi connectivity index (χ2v) is 10.4. The smallest absolute Gasteiger partial charge is 0.123 e. The van der Waals surface area contributed by atoms with Gasteiger partial charge in [-0.15, -0.1) is 0 Å². The molecule has 41 heavy (non-hydrogen) atoms. The van der Waals surface area contributed by atoms with Gasteiger partial charge in [-0.2, -0.15) is 0 Å². The predicted octanol–water partition coefficient (Wildman–Crippen LogP) is 9.16. The molecule has 0 aliphatic heterocycles. The van der Waals surface area contributed by atoms with E-state index in [1.165, 1.54) is 0 Å². The molecule has 0 atom stereocenters. The van der Waals surface area contributed by atoms with E-state index < -0.39 is 5.41 Å². The minimum Gasteiger partial charge on any atom is -0.508 e. The Labute approximate surface area is 240 Å². The maximum Gasteiger partial charge on any atom is 0.123 e. The zero-order valence-corrected chi connectivity index (χ0v) is 22.7. The van der Waals surface area contributed by atoms with Crippen molar-refractivity contribution in [2.75, 3.05) is 0 Å². The molecule has 0 spiro atoms. The molecular weight excluding hydrogens is 504 g/mol. The van der Waals surface area contributed by atoms with Crippen molar-refractivity contribution in [3.63, 3.8) is 0 Å². The number of hydrogen-bond donors (Lipinski definition) is 3. The number of phenols is 3. The minimum absolute atomic E-state index is 0.223. The van der Waals surface area contributed by atoms with Crippen LogP contribution in [-0.4, -0.2) is 15.3 Å². The van der Waals surface area contributed by atoms with E-state index in [1.807, 2.05) is 84.9 Å². The Kier molecular flexibility index (Phi) is 6.78. The molecule has 0 aromatic heterocycles. The highest BCUT2D eigenvalue weighted by Gasteiger charge is 2.33. The SMILES string of the molecule is CC(c1ccc(-c2ccc(O)cc2)cc1)(c1ccc(O)c(-c2ccccc2)c1)c1ccc(O)c(-c2ccccc2)c1. The van der Waals surface area contributed by atoms with Crippen molar-refractivity contribution in [2.24, 2.45) is 0 Å². The first-order valence-electron chi connectivity index (χ1n) is 13.6. The summed E-state index contributed by atoms with van der Waals surface area (Å²) in [5.74, 6) is 0.683. The highest BCUT2D eigenvalue weighted by atomic mass is 16.3. The summed E-state index contributed by atoms with van der Waals surface area (Å²) in [6, 6.07) is 47.0. The van der Waals surface area contributed by atoms with Crippen LogP contribution in [0.2, 0.25) is 0 Å². The molecule has 0 unspecified atom stereocenters. The van der Waals surface area contributed by atoms with Crippen LogP contribution in [0.5, 0.6) is 17.2 Å². The van der Waals surface area contributed by atoms with Crippen LogP contribution in [0.25, 0.3) is 33.4 Å². The lowest BCUT2D eigenvalue weighted by Crippen LogP contribution is -2.25. The third kappa shape index (κ3) is 4.94. The highest BCUT2D eigenvalue weighted by molar-refractivity contribution is 5.75. The van der Waals surface area contributed by atoms with E-state index in [4.69, 9.17) is 0 Å². The second-order valence-electron chi connectivity index (χ2n) is 10.4. The van der Waals surface area contributed by atoms with Crippen LogP contribution in [0.4, 0.5) is 0 Å². The van der Waals surface area contributed by atoms with Gasteiger partial charge in [0.1, 0.15) is 17.2 Å². The van der Waals surface area contributed by atoms with Gasteiger partial charge < -0.3 is 15.3 Å². The van der Waals surface area contributed by atoms with Crippen LogP contribution < -0.4 is 0 Å². The molecule has 0 fully saturated rings. The van der Waals surface area contributed by atoms with Gasteiger partial charge in [-0.25, -0.2) is 0 Å². The van der Waals surface area contributed by atoms with Crippen molar-refractivity contribution in [1.82, 2.24) is 0 Å². The molecule has 6 rings (SSSR count). The minimum atomic E-state index is -0.623. The maximum atomic E-state index is 10.9. The molecule has 6 aromatic rings. The third-order valence-electron chi connectivity index (χ3n) is 7.98. The van der Waals surface area contributed by atoms with Crippen molar-refractivity contribution in [1.29, 1.82) is 0 Å². The van der Waals surface area contributed by atoms with Crippen molar-refractivity contribution < 1.29 is 15.3 Å². The van der Waals surface area contributed by atoms with Crippen molar-refractivity contribution >= 4 is 0 Å². The monoisotopic (exact) mass is 534 g/mol. The summed E-state index contributed by atoms with van der Waals surface area (Å²) in [5, 5.41) is 31.4. The van der Waals surface area contributed by atoms with Gasteiger partial charge in [-0.3, -0.25) is 0 Å². The fourth-order valence-electron chi connectivity index (χ4n) is 5.54. The Morgan fingerprint density at radius 2 is 0.780 bits per heavy atom. The van der Waals surface area contributed by atoms with Crippen LogP contribution in [0.1, 0.15) is 23.6 Å². The largest absolute Gasteiger partial charge is 0.508 e. The topological polar surface area (TPSA) is 60.7 Å². The Morgan fingerprint density at radius 1 is 0.390 bits per heavy atom. The van der Waals surface area contributed by atoms with Gasteiger partial charge in [-0.1, -0.05) is 109 Å². The summed E-state index contributed by atoms with van der Waals surface area (Å²) >= 11 is 0. The number of rotatable bonds is 6. The molecule has 0 bridgehead atoms. The van der Waals surface area contributed by atoms with E-state index >= 15 is 0 Å². The summed E-state index contributed by atoms with van der Waals surface area (Å²) in [5.41, 5.74) is 7.92. The lowest BCUT2D eigenvalue weighted by atomic mass is 9.70. The Hall–Kier alpha value is -5.28. The van der Waals surface area contributed by atoms with Gasteiger partial charge in [0.05, 0.1) is 0 Å². The molecule has 3 N–H and O–H groups in total. The van der Waals surface area contributed by atoms with Gasteiger partial charge in [0.15, 0.2) is 0 Å². The Balaban J connectivity index is 1.54. The summed E-state index contributed by atoms with van der Waals surface area (Å²) in [6.07, 6.45) is 0. The van der Waals surface area contributed by atoms with E-state index in [0.29, 0.717) is 0 Å². The first kappa shape index (κ1) is 26.0. The average molecular weight is 535 g/mol. The number of hydrogen-bond acceptors (Lipinski definition) is 3. The van der Waals surface area contributed by atoms with E-state index in [9.17, 15) is 15.3 Å². The zero-order valence-electron chi connectivity index (χ0n) is 22.7. The molecule has 6 aromatic carbocycles. The van der Waals surface area contributed by atoms with E-state index in [2.05, 4.69) is 43.3 Å². The standard InChI is InChI=1S/C38H30O3/c1-38(30-16-12-26(13-17-30)27-14-20-33(39)21-15-27,31-18-22-36(40)34(24-31)28-8-4-2-5-9-28)32-19-23-37(41)35(25-32)29-10-6-3-7-11-29/h2-25,39-41H,1H3. The van der Waals surface area contributed by atoms with Crippen LogP contribution in [0, 0.1) is 0 Å². The van der Waals surface area contributed by atoms with Crippen molar-refractivity contribution in [2.45, 2.75) is 12.3 Å². The van der Waals surface area contributed by atoms with Crippen molar-refractivity contribution in [3.05, 3.63) is 162 Å². The average Bonchev–Trinajstić information content (AvgIpc) is 3.02. The first-order chi connectivity index (χ1) is 19.9. The molecule has 0 radical (unpaired) electrons. The number of aromatic hydroxyl groups is 3. The number of phenolic OH excluding ortho intramolecular Hbond substituents is 3. The van der Waals surface area contributed by atoms with Gasteiger partial charge in [0, 0.05) is 16.5 Å². The second kappa shape index (κ2) is 10.7. The fourth-order valence-corrected chi connectivity index (χ4v) is 5.54. The maximum absolute atomic E-state index is 10.9. The molecule has 0 amide bonds. The summed E-state index contributed by atoms with van der Waals surface area (Å²) < 4.78 is 0.